The summed E-state index contributed by atoms with van der Waals surface area (Å²) in [6.45, 7) is 4.49. The van der Waals surface area contributed by atoms with E-state index in [-0.39, 0.29) is 13.2 Å². The molecule has 0 radical (unpaired) electrons. The molecule has 0 saturated carbocycles. The molecule has 90 valence electrons. The molecule has 4 nitrogen and oxygen atoms in total. The Bertz CT molecular complexity index is 157. The third-order valence-corrected chi connectivity index (χ3v) is 3.39. The van der Waals surface area contributed by atoms with Crippen LogP contribution in [-0.2, 0) is 4.74 Å². The monoisotopic (exact) mass is 217 g/mol. The van der Waals surface area contributed by atoms with Crippen molar-refractivity contribution in [2.45, 2.75) is 31.7 Å². The molecule has 0 spiro atoms. The predicted molar refractivity (Wildman–Crippen MR) is 58.7 cm³/mol. The molecule has 0 atom stereocenters. The fraction of sp³-hybridized carbons (Fsp3) is 1.00. The molecule has 0 aromatic rings. The summed E-state index contributed by atoms with van der Waals surface area (Å²) >= 11 is 0. The Hall–Kier alpha value is -0.160. The molecule has 0 aliphatic carbocycles. The summed E-state index contributed by atoms with van der Waals surface area (Å²) in [4.78, 5) is 0. The molecular formula is C11H23NO3. The highest BCUT2D eigenvalue weighted by Gasteiger charge is 2.27. The Balaban J connectivity index is 2.31. The van der Waals surface area contributed by atoms with Crippen molar-refractivity contribution < 1.29 is 14.9 Å². The SMILES string of the molecule is CCC(CO)(CO)NCC1CCOCC1. The molecule has 1 fully saturated rings. The number of hydrogen-bond donors (Lipinski definition) is 3. The van der Waals surface area contributed by atoms with Gasteiger partial charge in [-0.3, -0.25) is 0 Å². The summed E-state index contributed by atoms with van der Waals surface area (Å²) in [5.41, 5.74) is -0.502. The van der Waals surface area contributed by atoms with E-state index in [1.54, 1.807) is 0 Å². The van der Waals surface area contributed by atoms with Crippen LogP contribution in [0, 0.1) is 5.92 Å². The van der Waals surface area contributed by atoms with Crippen molar-refractivity contribution in [2.75, 3.05) is 33.0 Å². The van der Waals surface area contributed by atoms with Gasteiger partial charge >= 0.3 is 0 Å². The lowest BCUT2D eigenvalue weighted by atomic mass is 9.95. The van der Waals surface area contributed by atoms with Gasteiger partial charge in [-0.25, -0.2) is 0 Å². The summed E-state index contributed by atoms with van der Waals surface area (Å²) < 4.78 is 5.28. The van der Waals surface area contributed by atoms with Crippen molar-refractivity contribution in [3.8, 4) is 0 Å². The molecule has 0 aromatic carbocycles. The molecule has 1 aliphatic heterocycles. The van der Waals surface area contributed by atoms with Gasteiger partial charge in [-0.2, -0.15) is 0 Å². The maximum atomic E-state index is 9.26. The number of nitrogens with one attached hydrogen (secondary N) is 1. The fourth-order valence-corrected chi connectivity index (χ4v) is 1.82. The summed E-state index contributed by atoms with van der Waals surface area (Å²) in [5, 5.41) is 21.8. The van der Waals surface area contributed by atoms with Gasteiger partial charge in [0.25, 0.3) is 0 Å². The zero-order chi connectivity index (χ0) is 11.1. The number of rotatable bonds is 6. The maximum absolute atomic E-state index is 9.26. The lowest BCUT2D eigenvalue weighted by Crippen LogP contribution is -2.53. The second-order valence-electron chi connectivity index (χ2n) is 4.39. The molecule has 1 heterocycles. The van der Waals surface area contributed by atoms with Gasteiger partial charge in [0.05, 0.1) is 18.8 Å². The van der Waals surface area contributed by atoms with E-state index < -0.39 is 5.54 Å². The van der Waals surface area contributed by atoms with E-state index in [1.807, 2.05) is 6.92 Å². The van der Waals surface area contributed by atoms with E-state index in [2.05, 4.69) is 5.32 Å². The van der Waals surface area contributed by atoms with E-state index in [0.717, 1.165) is 39.0 Å². The van der Waals surface area contributed by atoms with Crippen LogP contribution in [-0.4, -0.2) is 48.7 Å². The Morgan fingerprint density at radius 3 is 2.33 bits per heavy atom. The topological polar surface area (TPSA) is 61.7 Å². The summed E-state index contributed by atoms with van der Waals surface area (Å²) in [6.07, 6.45) is 2.89. The molecule has 1 saturated heterocycles. The van der Waals surface area contributed by atoms with Gasteiger partial charge in [0.15, 0.2) is 0 Å². The van der Waals surface area contributed by atoms with Crippen LogP contribution in [0.4, 0.5) is 0 Å². The van der Waals surface area contributed by atoms with Crippen molar-refractivity contribution in [1.29, 1.82) is 0 Å². The molecule has 0 unspecified atom stereocenters. The number of aliphatic hydroxyl groups excluding tert-OH is 2. The number of aliphatic hydroxyl groups is 2. The van der Waals surface area contributed by atoms with Crippen molar-refractivity contribution in [3.05, 3.63) is 0 Å². The molecule has 4 heteroatoms. The van der Waals surface area contributed by atoms with Crippen molar-refractivity contribution in [3.63, 3.8) is 0 Å². The third kappa shape index (κ3) is 3.72. The first-order valence-electron chi connectivity index (χ1n) is 5.81. The Morgan fingerprint density at radius 2 is 1.87 bits per heavy atom. The summed E-state index contributed by atoms with van der Waals surface area (Å²) in [6, 6.07) is 0. The van der Waals surface area contributed by atoms with Gasteiger partial charge in [-0.15, -0.1) is 0 Å². The highest BCUT2D eigenvalue weighted by molar-refractivity contribution is 4.86. The highest BCUT2D eigenvalue weighted by atomic mass is 16.5. The van der Waals surface area contributed by atoms with Crippen LogP contribution >= 0.6 is 0 Å². The van der Waals surface area contributed by atoms with Crippen molar-refractivity contribution in [2.24, 2.45) is 5.92 Å². The molecule has 0 amide bonds. The molecule has 1 rings (SSSR count). The molecule has 1 aliphatic rings. The van der Waals surface area contributed by atoms with Gasteiger partial charge in [0.2, 0.25) is 0 Å². The maximum Gasteiger partial charge on any atom is 0.0645 e. The minimum atomic E-state index is -0.502. The quantitative estimate of drug-likeness (QED) is 0.592. The van der Waals surface area contributed by atoms with Crippen molar-refractivity contribution >= 4 is 0 Å². The second-order valence-corrected chi connectivity index (χ2v) is 4.39. The van der Waals surface area contributed by atoms with Gasteiger partial charge in [-0.1, -0.05) is 6.92 Å². The van der Waals surface area contributed by atoms with Crippen LogP contribution in [0.25, 0.3) is 0 Å². The fourth-order valence-electron chi connectivity index (χ4n) is 1.82. The lowest BCUT2D eigenvalue weighted by molar-refractivity contribution is 0.0501. The van der Waals surface area contributed by atoms with Gasteiger partial charge < -0.3 is 20.3 Å². The first-order chi connectivity index (χ1) is 7.26. The van der Waals surface area contributed by atoms with Crippen LogP contribution < -0.4 is 5.32 Å². The van der Waals surface area contributed by atoms with E-state index in [4.69, 9.17) is 4.74 Å². The Morgan fingerprint density at radius 1 is 1.27 bits per heavy atom. The van der Waals surface area contributed by atoms with E-state index >= 15 is 0 Å². The normalized spacial score (nSPS) is 19.4. The highest BCUT2D eigenvalue weighted by Crippen LogP contribution is 2.16. The molecule has 3 N–H and O–H groups in total. The third-order valence-electron chi connectivity index (χ3n) is 3.39. The van der Waals surface area contributed by atoms with Crippen molar-refractivity contribution in [1.82, 2.24) is 5.32 Å². The largest absolute Gasteiger partial charge is 0.394 e. The van der Waals surface area contributed by atoms with Gasteiger partial charge in [-0.05, 0) is 31.7 Å². The molecule has 15 heavy (non-hydrogen) atoms. The van der Waals surface area contributed by atoms with E-state index in [9.17, 15) is 10.2 Å². The molecule has 0 aromatic heterocycles. The lowest BCUT2D eigenvalue weighted by Gasteiger charge is -2.33. The van der Waals surface area contributed by atoms with Crippen LogP contribution in [0.1, 0.15) is 26.2 Å². The van der Waals surface area contributed by atoms with Gasteiger partial charge in [0, 0.05) is 13.2 Å². The predicted octanol–water partition coefficient (Wildman–Crippen LogP) is 0.136. The average molecular weight is 217 g/mol. The number of ether oxygens (including phenoxy) is 1. The molecular weight excluding hydrogens is 194 g/mol. The van der Waals surface area contributed by atoms with Crippen LogP contribution in [0.3, 0.4) is 0 Å². The van der Waals surface area contributed by atoms with E-state index in [0.29, 0.717) is 5.92 Å². The average Bonchev–Trinajstić information content (AvgIpc) is 2.33. The first kappa shape index (κ1) is 12.9. The minimum absolute atomic E-state index is 0.0107. The summed E-state index contributed by atoms with van der Waals surface area (Å²) in [5.74, 6) is 0.614. The minimum Gasteiger partial charge on any atom is -0.394 e. The Kier molecular flexibility index (Phi) is 5.53. The van der Waals surface area contributed by atoms with Crippen LogP contribution in [0.2, 0.25) is 0 Å². The number of hydrogen-bond acceptors (Lipinski definition) is 4. The summed E-state index contributed by atoms with van der Waals surface area (Å²) in [7, 11) is 0. The zero-order valence-electron chi connectivity index (χ0n) is 9.54. The standard InChI is InChI=1S/C11H23NO3/c1-2-11(8-13,9-14)12-7-10-3-5-15-6-4-10/h10,12-14H,2-9H2,1H3. The smallest absolute Gasteiger partial charge is 0.0645 e. The van der Waals surface area contributed by atoms with E-state index in [1.165, 1.54) is 0 Å². The zero-order valence-corrected chi connectivity index (χ0v) is 9.54. The van der Waals surface area contributed by atoms with Crippen LogP contribution in [0.15, 0.2) is 0 Å². The van der Waals surface area contributed by atoms with Gasteiger partial charge in [0.1, 0.15) is 0 Å². The Labute approximate surface area is 91.6 Å². The molecule has 0 bridgehead atoms. The second kappa shape index (κ2) is 6.43. The first-order valence-corrected chi connectivity index (χ1v) is 5.81. The van der Waals surface area contributed by atoms with Crippen LogP contribution in [0.5, 0.6) is 0 Å².